The first kappa shape index (κ1) is 14.6. The van der Waals surface area contributed by atoms with Gasteiger partial charge in [-0.05, 0) is 36.5 Å². The van der Waals surface area contributed by atoms with Gasteiger partial charge in [0.15, 0.2) is 0 Å². The van der Waals surface area contributed by atoms with Gasteiger partial charge in [-0.1, -0.05) is 31.0 Å². The van der Waals surface area contributed by atoms with E-state index < -0.39 is 6.10 Å². The largest absolute Gasteiger partial charge is 0.491 e. The molecule has 2 rings (SSSR count). The van der Waals surface area contributed by atoms with Gasteiger partial charge in [0.05, 0.1) is 0 Å². The Bertz CT molecular complexity index is 407. The molecule has 1 aromatic carbocycles. The van der Waals surface area contributed by atoms with Crippen LogP contribution in [-0.4, -0.2) is 30.9 Å². The molecule has 0 bridgehead atoms. The molecule has 1 aliphatic carbocycles. The minimum absolute atomic E-state index is 0.282. The van der Waals surface area contributed by atoms with Crippen LogP contribution >= 0.6 is 11.6 Å². The van der Waals surface area contributed by atoms with Gasteiger partial charge >= 0.3 is 0 Å². The molecule has 106 valence electrons. The molecule has 0 saturated heterocycles. The lowest BCUT2D eigenvalue weighted by Crippen LogP contribution is -2.41. The Morgan fingerprint density at radius 3 is 2.89 bits per heavy atom. The van der Waals surface area contributed by atoms with E-state index in [1.807, 2.05) is 12.1 Å². The van der Waals surface area contributed by atoms with Crippen molar-refractivity contribution in [1.82, 2.24) is 5.32 Å². The zero-order valence-corrected chi connectivity index (χ0v) is 12.1. The molecule has 0 spiro atoms. The number of aliphatic hydroxyl groups excluding tert-OH is 1. The Labute approximate surface area is 119 Å². The lowest BCUT2D eigenvalue weighted by molar-refractivity contribution is 0.0946. The molecule has 2 N–H and O–H groups in total. The average Bonchev–Trinajstić information content (AvgIpc) is 2.34. The van der Waals surface area contributed by atoms with Crippen LogP contribution in [0.5, 0.6) is 5.75 Å². The van der Waals surface area contributed by atoms with Crippen LogP contribution in [0.4, 0.5) is 0 Å². The third kappa shape index (κ3) is 4.68. The monoisotopic (exact) mass is 283 g/mol. The minimum atomic E-state index is -0.498. The Morgan fingerprint density at radius 1 is 1.47 bits per heavy atom. The first-order valence-corrected chi connectivity index (χ1v) is 7.22. The van der Waals surface area contributed by atoms with Gasteiger partial charge in [-0.15, -0.1) is 0 Å². The summed E-state index contributed by atoms with van der Waals surface area (Å²) in [5, 5.41) is 13.8. The van der Waals surface area contributed by atoms with Gasteiger partial charge < -0.3 is 15.2 Å². The van der Waals surface area contributed by atoms with E-state index in [4.69, 9.17) is 16.3 Å². The first-order chi connectivity index (χ1) is 9.07. The highest BCUT2D eigenvalue weighted by atomic mass is 35.5. The number of hydrogen-bond donors (Lipinski definition) is 2. The van der Waals surface area contributed by atoms with Crippen molar-refractivity contribution in [2.45, 2.75) is 32.3 Å². The van der Waals surface area contributed by atoms with Crippen LogP contribution in [0.25, 0.3) is 0 Å². The number of ether oxygens (including phenoxy) is 1. The van der Waals surface area contributed by atoms with E-state index in [9.17, 15) is 5.11 Å². The molecular weight excluding hydrogens is 262 g/mol. The number of aliphatic hydroxyl groups is 1. The molecule has 1 unspecified atom stereocenters. The lowest BCUT2D eigenvalue weighted by Gasteiger charge is -2.38. The molecule has 1 aliphatic rings. The predicted octanol–water partition coefficient (Wildman–Crippen LogP) is 2.86. The Morgan fingerprint density at radius 2 is 2.26 bits per heavy atom. The maximum absolute atomic E-state index is 9.85. The first-order valence-electron chi connectivity index (χ1n) is 6.85. The molecule has 0 aromatic heterocycles. The van der Waals surface area contributed by atoms with Crippen LogP contribution in [0.15, 0.2) is 24.3 Å². The molecule has 0 radical (unpaired) electrons. The van der Waals surface area contributed by atoms with Gasteiger partial charge in [0, 0.05) is 18.1 Å². The van der Waals surface area contributed by atoms with Crippen LogP contribution in [0.1, 0.15) is 26.2 Å². The second kappa shape index (κ2) is 6.60. The zero-order valence-electron chi connectivity index (χ0n) is 11.4. The fraction of sp³-hybridized carbons (Fsp3) is 0.600. The standard InChI is InChI=1S/C15H22ClNO2/c1-15(6-3-7-15)11-17-9-13(18)10-19-14-5-2-4-12(16)8-14/h2,4-5,8,13,17-18H,3,6-7,9-11H2,1H3. The maximum Gasteiger partial charge on any atom is 0.120 e. The molecule has 19 heavy (non-hydrogen) atoms. The van der Waals surface area contributed by atoms with Crippen molar-refractivity contribution in [3.8, 4) is 5.75 Å². The molecule has 0 heterocycles. The van der Waals surface area contributed by atoms with Crippen LogP contribution < -0.4 is 10.1 Å². The van der Waals surface area contributed by atoms with Gasteiger partial charge in [-0.3, -0.25) is 0 Å². The third-order valence-corrected chi connectivity index (χ3v) is 3.97. The summed E-state index contributed by atoms with van der Waals surface area (Å²) in [5.74, 6) is 0.692. The molecule has 0 aliphatic heterocycles. The highest BCUT2D eigenvalue weighted by Crippen LogP contribution is 2.39. The zero-order chi connectivity index (χ0) is 13.7. The van der Waals surface area contributed by atoms with Crippen LogP contribution in [0.3, 0.4) is 0 Å². The molecule has 0 amide bonds. The van der Waals surface area contributed by atoms with E-state index in [1.54, 1.807) is 12.1 Å². The normalized spacial score (nSPS) is 18.7. The summed E-state index contributed by atoms with van der Waals surface area (Å²) in [4.78, 5) is 0. The molecule has 1 aromatic rings. The van der Waals surface area contributed by atoms with E-state index in [1.165, 1.54) is 19.3 Å². The van der Waals surface area contributed by atoms with E-state index in [-0.39, 0.29) is 6.61 Å². The summed E-state index contributed by atoms with van der Waals surface area (Å²) < 4.78 is 5.50. The predicted molar refractivity (Wildman–Crippen MR) is 77.8 cm³/mol. The molecule has 1 atom stereocenters. The van der Waals surface area contributed by atoms with Gasteiger partial charge in [0.1, 0.15) is 18.5 Å². The Hall–Kier alpha value is -0.770. The minimum Gasteiger partial charge on any atom is -0.491 e. The number of rotatable bonds is 7. The van der Waals surface area contributed by atoms with Crippen molar-refractivity contribution in [2.24, 2.45) is 5.41 Å². The quantitative estimate of drug-likeness (QED) is 0.808. The van der Waals surface area contributed by atoms with Crippen LogP contribution in [-0.2, 0) is 0 Å². The van der Waals surface area contributed by atoms with Crippen molar-refractivity contribution < 1.29 is 9.84 Å². The number of halogens is 1. The number of nitrogens with one attached hydrogen (secondary N) is 1. The molecule has 1 saturated carbocycles. The van der Waals surface area contributed by atoms with Gasteiger partial charge in [0.25, 0.3) is 0 Å². The molecule has 4 heteroatoms. The second-order valence-electron chi connectivity index (χ2n) is 5.72. The Kier molecular flexibility index (Phi) is 5.08. The smallest absolute Gasteiger partial charge is 0.120 e. The average molecular weight is 284 g/mol. The summed E-state index contributed by atoms with van der Waals surface area (Å²) in [5.41, 5.74) is 0.438. The van der Waals surface area contributed by atoms with Gasteiger partial charge in [-0.25, -0.2) is 0 Å². The SMILES string of the molecule is CC1(CNCC(O)COc2cccc(Cl)c2)CCC1. The lowest BCUT2D eigenvalue weighted by atomic mass is 9.70. The van der Waals surface area contributed by atoms with E-state index in [0.29, 0.717) is 22.7 Å². The highest BCUT2D eigenvalue weighted by molar-refractivity contribution is 6.30. The summed E-state index contributed by atoms with van der Waals surface area (Å²) in [6, 6.07) is 7.21. The Balaban J connectivity index is 1.63. The van der Waals surface area contributed by atoms with Gasteiger partial charge in [-0.2, -0.15) is 0 Å². The van der Waals surface area contributed by atoms with Crippen molar-refractivity contribution >= 4 is 11.6 Å². The maximum atomic E-state index is 9.85. The topological polar surface area (TPSA) is 41.5 Å². The summed E-state index contributed by atoms with van der Waals surface area (Å²) in [6.07, 6.45) is 3.41. The van der Waals surface area contributed by atoms with E-state index >= 15 is 0 Å². The molecular formula is C15H22ClNO2. The molecule has 3 nitrogen and oxygen atoms in total. The van der Waals surface area contributed by atoms with Crippen molar-refractivity contribution in [2.75, 3.05) is 19.7 Å². The van der Waals surface area contributed by atoms with E-state index in [2.05, 4.69) is 12.2 Å². The second-order valence-corrected chi connectivity index (χ2v) is 6.15. The van der Waals surface area contributed by atoms with Gasteiger partial charge in [0.2, 0.25) is 0 Å². The van der Waals surface area contributed by atoms with Crippen molar-refractivity contribution in [3.05, 3.63) is 29.3 Å². The summed E-state index contributed by atoms with van der Waals surface area (Å²) in [6.45, 7) is 4.11. The van der Waals surface area contributed by atoms with Crippen molar-refractivity contribution in [3.63, 3.8) is 0 Å². The van der Waals surface area contributed by atoms with Crippen LogP contribution in [0.2, 0.25) is 5.02 Å². The fourth-order valence-electron chi connectivity index (χ4n) is 2.31. The van der Waals surface area contributed by atoms with E-state index in [0.717, 1.165) is 6.54 Å². The summed E-state index contributed by atoms with van der Waals surface area (Å²) in [7, 11) is 0. The third-order valence-electron chi connectivity index (χ3n) is 3.73. The van der Waals surface area contributed by atoms with Crippen LogP contribution in [0, 0.1) is 5.41 Å². The number of benzene rings is 1. The summed E-state index contributed by atoms with van der Waals surface area (Å²) >= 11 is 5.86. The van der Waals surface area contributed by atoms with Crippen molar-refractivity contribution in [1.29, 1.82) is 0 Å². The highest BCUT2D eigenvalue weighted by Gasteiger charge is 2.31. The fourth-order valence-corrected chi connectivity index (χ4v) is 2.49. The number of hydrogen-bond acceptors (Lipinski definition) is 3. The molecule has 1 fully saturated rings.